The fraction of sp³-hybridized carbons (Fsp3) is 0.400. The largest absolute Gasteiger partial charge is 0.469 e. The van der Waals surface area contributed by atoms with Gasteiger partial charge in [0.2, 0.25) is 0 Å². The Bertz CT molecular complexity index is 507. The van der Waals surface area contributed by atoms with Gasteiger partial charge in [0.1, 0.15) is 5.76 Å². The molecule has 2 unspecified atom stereocenters. The summed E-state index contributed by atoms with van der Waals surface area (Å²) in [6.45, 7) is 2.08. The van der Waals surface area contributed by atoms with Crippen molar-refractivity contribution in [2.24, 2.45) is 0 Å². The van der Waals surface area contributed by atoms with Gasteiger partial charge in [-0.15, -0.1) is 11.3 Å². The molecule has 2 rings (SSSR count). The predicted molar refractivity (Wildman–Crippen MR) is 78.7 cm³/mol. The Morgan fingerprint density at radius 3 is 2.90 bits per heavy atom. The van der Waals surface area contributed by atoms with Gasteiger partial charge in [-0.25, -0.2) is 0 Å². The maximum Gasteiger partial charge on any atom is 0.307 e. The predicted octanol–water partition coefficient (Wildman–Crippen LogP) is 3.17. The number of thiophene rings is 1. The third kappa shape index (κ3) is 4.21. The van der Waals surface area contributed by atoms with Crippen LogP contribution in [0.25, 0.3) is 0 Å². The number of esters is 1. The van der Waals surface area contributed by atoms with Crippen molar-refractivity contribution in [3.63, 3.8) is 0 Å². The standard InChI is InChI=1S/C15H19NO3S/c1-11(9-12-5-3-7-19-12)16-13(10-15(17)18-2)14-6-4-8-20-14/h3-8,11,13,16H,9-10H2,1-2H3. The number of rotatable bonds is 7. The van der Waals surface area contributed by atoms with Crippen molar-refractivity contribution in [1.29, 1.82) is 0 Å². The van der Waals surface area contributed by atoms with Gasteiger partial charge in [-0.3, -0.25) is 4.79 Å². The van der Waals surface area contributed by atoms with Crippen LogP contribution in [-0.2, 0) is 16.0 Å². The van der Waals surface area contributed by atoms with Gasteiger partial charge in [0, 0.05) is 17.3 Å². The molecule has 5 heteroatoms. The fourth-order valence-corrected chi connectivity index (χ4v) is 2.90. The van der Waals surface area contributed by atoms with Gasteiger partial charge in [0.15, 0.2) is 0 Å². The zero-order valence-electron chi connectivity index (χ0n) is 11.7. The van der Waals surface area contributed by atoms with E-state index in [9.17, 15) is 4.79 Å². The lowest BCUT2D eigenvalue weighted by Gasteiger charge is -2.21. The summed E-state index contributed by atoms with van der Waals surface area (Å²) in [6, 6.07) is 8.05. The van der Waals surface area contributed by atoms with Crippen molar-refractivity contribution in [2.45, 2.75) is 31.8 Å². The van der Waals surface area contributed by atoms with Crippen molar-refractivity contribution >= 4 is 17.3 Å². The monoisotopic (exact) mass is 293 g/mol. The lowest BCUT2D eigenvalue weighted by Crippen LogP contribution is -2.33. The topological polar surface area (TPSA) is 51.5 Å². The average molecular weight is 293 g/mol. The SMILES string of the molecule is COC(=O)CC(NC(C)Cc1ccco1)c1cccs1. The van der Waals surface area contributed by atoms with Gasteiger partial charge in [-0.05, 0) is 30.5 Å². The number of furan rings is 1. The molecule has 0 radical (unpaired) electrons. The lowest BCUT2D eigenvalue weighted by atomic mass is 10.1. The first-order valence-electron chi connectivity index (χ1n) is 6.57. The average Bonchev–Trinajstić information content (AvgIpc) is 3.10. The molecule has 1 N–H and O–H groups in total. The Morgan fingerprint density at radius 2 is 2.30 bits per heavy atom. The Labute approximate surface area is 122 Å². The molecule has 0 saturated carbocycles. The molecule has 2 aromatic rings. The molecular formula is C15H19NO3S. The number of hydrogen-bond acceptors (Lipinski definition) is 5. The highest BCUT2D eigenvalue weighted by Gasteiger charge is 2.20. The zero-order chi connectivity index (χ0) is 14.4. The molecular weight excluding hydrogens is 274 g/mol. The lowest BCUT2D eigenvalue weighted by molar-refractivity contribution is -0.141. The van der Waals surface area contributed by atoms with Crippen molar-refractivity contribution in [3.05, 3.63) is 46.5 Å². The van der Waals surface area contributed by atoms with Gasteiger partial charge in [0.05, 0.1) is 25.8 Å². The molecule has 0 saturated heterocycles. The molecule has 0 spiro atoms. The summed E-state index contributed by atoms with van der Waals surface area (Å²) >= 11 is 1.64. The van der Waals surface area contributed by atoms with E-state index in [1.807, 2.05) is 29.6 Å². The molecule has 0 aliphatic rings. The van der Waals surface area contributed by atoms with Crippen LogP contribution in [0.1, 0.15) is 30.0 Å². The number of hydrogen-bond donors (Lipinski definition) is 1. The molecule has 4 nitrogen and oxygen atoms in total. The third-order valence-electron chi connectivity index (χ3n) is 3.06. The molecule has 2 aromatic heterocycles. The van der Waals surface area contributed by atoms with E-state index in [4.69, 9.17) is 9.15 Å². The summed E-state index contributed by atoms with van der Waals surface area (Å²) in [6.07, 6.45) is 2.79. The molecule has 0 aliphatic carbocycles. The van der Waals surface area contributed by atoms with Crippen LogP contribution in [0.15, 0.2) is 40.3 Å². The number of methoxy groups -OCH3 is 1. The highest BCUT2D eigenvalue weighted by molar-refractivity contribution is 7.10. The Kier molecular flexibility index (Phi) is 5.38. The summed E-state index contributed by atoms with van der Waals surface area (Å²) in [4.78, 5) is 12.7. The molecule has 108 valence electrons. The van der Waals surface area contributed by atoms with E-state index in [2.05, 4.69) is 12.2 Å². The molecule has 0 amide bonds. The summed E-state index contributed by atoms with van der Waals surface area (Å²) in [5.41, 5.74) is 0. The van der Waals surface area contributed by atoms with Crippen molar-refractivity contribution in [3.8, 4) is 0 Å². The van der Waals surface area contributed by atoms with Crippen LogP contribution in [0.2, 0.25) is 0 Å². The minimum Gasteiger partial charge on any atom is -0.469 e. The van der Waals surface area contributed by atoms with E-state index < -0.39 is 0 Å². The van der Waals surface area contributed by atoms with Gasteiger partial charge in [0.25, 0.3) is 0 Å². The third-order valence-corrected chi connectivity index (χ3v) is 4.04. The normalized spacial score (nSPS) is 13.9. The van der Waals surface area contributed by atoms with Crippen LogP contribution in [0.5, 0.6) is 0 Å². The maximum absolute atomic E-state index is 11.5. The maximum atomic E-state index is 11.5. The van der Waals surface area contributed by atoms with Crippen LogP contribution < -0.4 is 5.32 Å². The van der Waals surface area contributed by atoms with Crippen molar-refractivity contribution in [1.82, 2.24) is 5.32 Å². The van der Waals surface area contributed by atoms with E-state index in [0.29, 0.717) is 6.42 Å². The van der Waals surface area contributed by atoms with E-state index in [0.717, 1.165) is 17.1 Å². The zero-order valence-corrected chi connectivity index (χ0v) is 12.5. The molecule has 20 heavy (non-hydrogen) atoms. The minimum absolute atomic E-state index is 0.0209. The first-order valence-corrected chi connectivity index (χ1v) is 7.45. The fourth-order valence-electron chi connectivity index (χ4n) is 2.11. The second kappa shape index (κ2) is 7.26. The first-order chi connectivity index (χ1) is 9.69. The van der Waals surface area contributed by atoms with Gasteiger partial charge < -0.3 is 14.5 Å². The number of ether oxygens (including phenoxy) is 1. The summed E-state index contributed by atoms with van der Waals surface area (Å²) in [5.74, 6) is 0.731. The summed E-state index contributed by atoms with van der Waals surface area (Å²) < 4.78 is 10.1. The van der Waals surface area contributed by atoms with Crippen LogP contribution in [0, 0.1) is 0 Å². The minimum atomic E-state index is -0.207. The quantitative estimate of drug-likeness (QED) is 0.797. The molecule has 0 aromatic carbocycles. The van der Waals surface area contributed by atoms with Gasteiger partial charge >= 0.3 is 5.97 Å². The molecule has 0 aliphatic heterocycles. The van der Waals surface area contributed by atoms with Crippen LogP contribution in [0.3, 0.4) is 0 Å². The molecule has 2 heterocycles. The van der Waals surface area contributed by atoms with Crippen molar-refractivity contribution in [2.75, 3.05) is 7.11 Å². The van der Waals surface area contributed by atoms with Gasteiger partial charge in [-0.1, -0.05) is 6.07 Å². The molecule has 0 bridgehead atoms. The Balaban J connectivity index is 1.98. The van der Waals surface area contributed by atoms with E-state index >= 15 is 0 Å². The number of nitrogens with one attached hydrogen (secondary N) is 1. The first kappa shape index (κ1) is 14.8. The van der Waals surface area contributed by atoms with Gasteiger partial charge in [-0.2, -0.15) is 0 Å². The molecule has 2 atom stereocenters. The molecule has 0 fully saturated rings. The van der Waals surface area contributed by atoms with Crippen molar-refractivity contribution < 1.29 is 13.9 Å². The highest BCUT2D eigenvalue weighted by Crippen LogP contribution is 2.23. The summed E-state index contributed by atoms with van der Waals surface area (Å²) in [7, 11) is 1.42. The Morgan fingerprint density at radius 1 is 1.45 bits per heavy atom. The summed E-state index contributed by atoms with van der Waals surface area (Å²) in [5, 5.41) is 5.48. The smallest absolute Gasteiger partial charge is 0.307 e. The van der Waals surface area contributed by atoms with Crippen LogP contribution in [-0.4, -0.2) is 19.1 Å². The van der Waals surface area contributed by atoms with E-state index in [1.165, 1.54) is 7.11 Å². The van der Waals surface area contributed by atoms with Crippen LogP contribution in [0.4, 0.5) is 0 Å². The number of carbonyl (C=O) groups is 1. The van der Waals surface area contributed by atoms with Crippen LogP contribution >= 0.6 is 11.3 Å². The Hall–Kier alpha value is -1.59. The number of carbonyl (C=O) groups excluding carboxylic acids is 1. The highest BCUT2D eigenvalue weighted by atomic mass is 32.1. The second-order valence-electron chi connectivity index (χ2n) is 4.70. The second-order valence-corrected chi connectivity index (χ2v) is 5.68. The van der Waals surface area contributed by atoms with E-state index in [-0.39, 0.29) is 18.1 Å². The van der Waals surface area contributed by atoms with E-state index in [1.54, 1.807) is 17.6 Å².